The Labute approximate surface area is 109 Å². The fraction of sp³-hybridized carbons (Fsp3) is 0.167. The van der Waals surface area contributed by atoms with Gasteiger partial charge in [0, 0.05) is 6.54 Å². The van der Waals surface area contributed by atoms with Gasteiger partial charge in [-0.25, -0.2) is 4.98 Å². The quantitative estimate of drug-likeness (QED) is 0.889. The van der Waals surface area contributed by atoms with Gasteiger partial charge in [-0.1, -0.05) is 23.7 Å². The fourth-order valence-electron chi connectivity index (χ4n) is 1.42. The zero-order chi connectivity index (χ0) is 13.1. The van der Waals surface area contributed by atoms with Gasteiger partial charge in [0.05, 0.1) is 6.33 Å². The van der Waals surface area contributed by atoms with Crippen LogP contribution in [0.2, 0.25) is 5.02 Å². The second-order valence-electron chi connectivity index (χ2n) is 3.76. The van der Waals surface area contributed by atoms with Crippen molar-refractivity contribution in [3.05, 3.63) is 51.0 Å². The van der Waals surface area contributed by atoms with Crippen LogP contribution in [0, 0.1) is 6.92 Å². The number of nitrogens with two attached hydrogens (primary N) is 1. The third-order valence-electron chi connectivity index (χ3n) is 2.46. The Morgan fingerprint density at radius 2 is 2.28 bits per heavy atom. The van der Waals surface area contributed by atoms with E-state index in [1.165, 1.54) is 6.33 Å². The van der Waals surface area contributed by atoms with Gasteiger partial charge in [0.25, 0.3) is 5.56 Å². The third kappa shape index (κ3) is 2.52. The van der Waals surface area contributed by atoms with Gasteiger partial charge in [-0.15, -0.1) is 0 Å². The smallest absolute Gasteiger partial charge is 0.273 e. The van der Waals surface area contributed by atoms with Crippen LogP contribution in [0.4, 0.5) is 0 Å². The second-order valence-corrected chi connectivity index (χ2v) is 4.13. The van der Waals surface area contributed by atoms with E-state index in [2.05, 4.69) is 9.97 Å². The van der Waals surface area contributed by atoms with Crippen molar-refractivity contribution >= 4 is 11.6 Å². The molecule has 0 saturated heterocycles. The molecule has 0 aliphatic rings. The maximum absolute atomic E-state index is 11.3. The summed E-state index contributed by atoms with van der Waals surface area (Å²) in [7, 11) is 0. The van der Waals surface area contributed by atoms with Gasteiger partial charge in [0.15, 0.2) is 5.02 Å². The monoisotopic (exact) mass is 265 g/mol. The van der Waals surface area contributed by atoms with Gasteiger partial charge in [0.2, 0.25) is 5.88 Å². The lowest BCUT2D eigenvalue weighted by Crippen LogP contribution is -2.08. The molecule has 0 aliphatic carbocycles. The molecular weight excluding hydrogens is 254 g/mol. The molecule has 0 radical (unpaired) electrons. The van der Waals surface area contributed by atoms with Crippen LogP contribution in [0.3, 0.4) is 0 Å². The minimum atomic E-state index is -0.436. The number of aryl methyl sites for hydroxylation is 1. The van der Waals surface area contributed by atoms with Crippen molar-refractivity contribution < 1.29 is 4.74 Å². The van der Waals surface area contributed by atoms with Crippen molar-refractivity contribution in [2.75, 3.05) is 0 Å². The highest BCUT2D eigenvalue weighted by Gasteiger charge is 2.10. The molecule has 94 valence electrons. The summed E-state index contributed by atoms with van der Waals surface area (Å²) in [5, 5.41) is -0.0740. The van der Waals surface area contributed by atoms with Gasteiger partial charge < -0.3 is 15.5 Å². The molecule has 0 atom stereocenters. The first kappa shape index (κ1) is 12.6. The summed E-state index contributed by atoms with van der Waals surface area (Å²) in [6, 6.07) is 5.60. The summed E-state index contributed by atoms with van der Waals surface area (Å²) in [5.74, 6) is 0.663. The number of nitrogens with zero attached hydrogens (tertiary/aromatic N) is 1. The summed E-state index contributed by atoms with van der Waals surface area (Å²) >= 11 is 5.81. The van der Waals surface area contributed by atoms with E-state index in [-0.39, 0.29) is 10.9 Å². The van der Waals surface area contributed by atoms with Gasteiger partial charge in [-0.3, -0.25) is 4.79 Å². The first-order valence-electron chi connectivity index (χ1n) is 5.32. The highest BCUT2D eigenvalue weighted by Crippen LogP contribution is 2.27. The molecular formula is C12H12ClN3O2. The highest BCUT2D eigenvalue weighted by atomic mass is 35.5. The molecule has 0 unspecified atom stereocenters. The molecule has 1 aromatic heterocycles. The lowest BCUT2D eigenvalue weighted by Gasteiger charge is -2.09. The number of nitrogens with one attached hydrogen (secondary N) is 1. The summed E-state index contributed by atoms with van der Waals surface area (Å²) in [6.45, 7) is 2.30. The summed E-state index contributed by atoms with van der Waals surface area (Å²) in [5.41, 5.74) is 6.96. The van der Waals surface area contributed by atoms with Crippen LogP contribution in [-0.2, 0) is 6.54 Å². The Morgan fingerprint density at radius 1 is 1.50 bits per heavy atom. The molecule has 3 N–H and O–H groups in total. The largest absolute Gasteiger partial charge is 0.437 e. The average Bonchev–Trinajstić information content (AvgIpc) is 2.37. The molecule has 6 heteroatoms. The molecule has 1 aromatic carbocycles. The predicted octanol–water partition coefficient (Wildman–Crippen LogP) is 1.98. The van der Waals surface area contributed by atoms with Crippen molar-refractivity contribution in [2.45, 2.75) is 13.5 Å². The van der Waals surface area contributed by atoms with Crippen LogP contribution in [0.15, 0.2) is 29.3 Å². The molecule has 1 heterocycles. The van der Waals surface area contributed by atoms with Crippen molar-refractivity contribution in [1.29, 1.82) is 0 Å². The number of H-pyrrole nitrogens is 1. The predicted molar refractivity (Wildman–Crippen MR) is 69.0 cm³/mol. The van der Waals surface area contributed by atoms with Crippen LogP contribution >= 0.6 is 11.6 Å². The number of hydrogen-bond acceptors (Lipinski definition) is 4. The molecule has 18 heavy (non-hydrogen) atoms. The minimum absolute atomic E-state index is 0.0740. The van der Waals surface area contributed by atoms with Gasteiger partial charge in [-0.2, -0.15) is 0 Å². The molecule has 0 spiro atoms. The average molecular weight is 266 g/mol. The van der Waals surface area contributed by atoms with E-state index in [4.69, 9.17) is 22.1 Å². The standard InChI is InChI=1S/C12H12ClN3O2/c1-7-2-3-8(5-14)4-9(7)18-12-10(13)11(17)15-6-16-12/h2-4,6H,5,14H2,1H3,(H,15,16,17). The van der Waals surface area contributed by atoms with E-state index in [9.17, 15) is 4.79 Å². The van der Waals surface area contributed by atoms with Crippen LogP contribution in [0.5, 0.6) is 11.6 Å². The molecule has 2 rings (SSSR count). The first-order chi connectivity index (χ1) is 8.61. The number of aromatic nitrogens is 2. The van der Waals surface area contributed by atoms with Gasteiger partial charge in [-0.05, 0) is 24.1 Å². The van der Waals surface area contributed by atoms with E-state index in [0.29, 0.717) is 12.3 Å². The number of rotatable bonds is 3. The maximum atomic E-state index is 11.3. The number of halogens is 1. The number of ether oxygens (including phenoxy) is 1. The number of aromatic amines is 1. The SMILES string of the molecule is Cc1ccc(CN)cc1Oc1nc[nH]c(=O)c1Cl. The maximum Gasteiger partial charge on any atom is 0.273 e. The van der Waals surface area contributed by atoms with Crippen molar-refractivity contribution in [3.63, 3.8) is 0 Å². The molecule has 0 aliphatic heterocycles. The van der Waals surface area contributed by atoms with Crippen LogP contribution < -0.4 is 16.0 Å². The van der Waals surface area contributed by atoms with Crippen molar-refractivity contribution in [2.24, 2.45) is 5.73 Å². The third-order valence-corrected chi connectivity index (χ3v) is 2.79. The highest BCUT2D eigenvalue weighted by molar-refractivity contribution is 6.31. The Bertz CT molecular complexity index is 625. The molecule has 0 saturated carbocycles. The molecule has 0 fully saturated rings. The normalized spacial score (nSPS) is 10.4. The Balaban J connectivity index is 2.39. The van der Waals surface area contributed by atoms with Gasteiger partial charge >= 0.3 is 0 Å². The number of hydrogen-bond donors (Lipinski definition) is 2. The molecule has 0 amide bonds. The molecule has 2 aromatic rings. The van der Waals surface area contributed by atoms with Crippen LogP contribution in [0.1, 0.15) is 11.1 Å². The van der Waals surface area contributed by atoms with Crippen molar-refractivity contribution in [1.82, 2.24) is 9.97 Å². The Kier molecular flexibility index (Phi) is 3.64. The van der Waals surface area contributed by atoms with Crippen molar-refractivity contribution in [3.8, 4) is 11.6 Å². The Morgan fingerprint density at radius 3 is 3.00 bits per heavy atom. The van der Waals surface area contributed by atoms with E-state index >= 15 is 0 Å². The molecule has 5 nitrogen and oxygen atoms in total. The summed E-state index contributed by atoms with van der Waals surface area (Å²) in [4.78, 5) is 17.6. The van der Waals surface area contributed by atoms with E-state index in [1.807, 2.05) is 19.1 Å². The zero-order valence-electron chi connectivity index (χ0n) is 9.74. The number of benzene rings is 1. The lowest BCUT2D eigenvalue weighted by molar-refractivity contribution is 0.457. The second kappa shape index (κ2) is 5.20. The summed E-state index contributed by atoms with van der Waals surface area (Å²) in [6.07, 6.45) is 1.24. The molecule has 0 bridgehead atoms. The van der Waals surface area contributed by atoms with Gasteiger partial charge in [0.1, 0.15) is 5.75 Å². The van der Waals surface area contributed by atoms with E-state index in [1.54, 1.807) is 6.07 Å². The first-order valence-corrected chi connectivity index (χ1v) is 5.70. The van der Waals surface area contributed by atoms with E-state index < -0.39 is 5.56 Å². The van der Waals surface area contributed by atoms with E-state index in [0.717, 1.165) is 11.1 Å². The lowest BCUT2D eigenvalue weighted by atomic mass is 10.1. The summed E-state index contributed by atoms with van der Waals surface area (Å²) < 4.78 is 5.54. The zero-order valence-corrected chi connectivity index (χ0v) is 10.5. The van der Waals surface area contributed by atoms with Crippen LogP contribution in [0.25, 0.3) is 0 Å². The topological polar surface area (TPSA) is 81.0 Å². The Hall–Kier alpha value is -1.85. The fourth-order valence-corrected chi connectivity index (χ4v) is 1.57. The minimum Gasteiger partial charge on any atom is -0.437 e. The van der Waals surface area contributed by atoms with Crippen LogP contribution in [-0.4, -0.2) is 9.97 Å².